The molecule has 3 nitrogen and oxygen atoms in total. The lowest BCUT2D eigenvalue weighted by molar-refractivity contribution is 0.490. The van der Waals surface area contributed by atoms with Crippen LogP contribution >= 0.6 is 7.37 Å². The third-order valence-corrected chi connectivity index (χ3v) is 4.19. The number of nitrogens with zero attached hydrogens (tertiary/aromatic N) is 1. The van der Waals surface area contributed by atoms with Crippen LogP contribution in [0, 0.1) is 0 Å². The Kier molecular flexibility index (Phi) is 2.59. The summed E-state index contributed by atoms with van der Waals surface area (Å²) in [7, 11) is -3.24. The molecule has 0 amide bonds. The Hall–Kier alpha value is -1.18. The van der Waals surface area contributed by atoms with Gasteiger partial charge in [-0.15, -0.1) is 0 Å². The number of fused-ring (bicyclic) bond motifs is 1. The Bertz CT molecular complexity index is 539. The summed E-state index contributed by atoms with van der Waals surface area (Å²) in [4.78, 5) is 13.9. The van der Waals surface area contributed by atoms with Crippen molar-refractivity contribution in [1.29, 1.82) is 0 Å². The third kappa shape index (κ3) is 1.94. The van der Waals surface area contributed by atoms with Crippen molar-refractivity contribution in [3.63, 3.8) is 0 Å². The molecule has 1 aromatic heterocycles. The highest BCUT2D eigenvalue weighted by atomic mass is 31.2. The van der Waals surface area contributed by atoms with Gasteiger partial charge in [-0.3, -0.25) is 4.57 Å². The van der Waals surface area contributed by atoms with Gasteiger partial charge in [-0.05, 0) is 12.1 Å². The fourth-order valence-corrected chi connectivity index (χ4v) is 2.31. The zero-order valence-electron chi connectivity index (χ0n) is 8.42. The summed E-state index contributed by atoms with van der Waals surface area (Å²) in [6, 6.07) is 11.0. The van der Waals surface area contributed by atoms with Crippen molar-refractivity contribution >= 4 is 23.7 Å². The van der Waals surface area contributed by atoms with Crippen LogP contribution in [-0.2, 0) is 4.57 Å². The van der Waals surface area contributed by atoms with Gasteiger partial charge in [0.2, 0.25) is 7.37 Å². The second-order valence-electron chi connectivity index (χ2n) is 3.38. The number of benzene rings is 1. The van der Waals surface area contributed by atoms with Crippen LogP contribution in [0.3, 0.4) is 0 Å². The van der Waals surface area contributed by atoms with Gasteiger partial charge in [0.15, 0.2) is 0 Å². The summed E-state index contributed by atoms with van der Waals surface area (Å²) in [5.74, 6) is 0. The van der Waals surface area contributed by atoms with E-state index in [1.54, 1.807) is 13.0 Å². The predicted octanol–water partition coefficient (Wildman–Crippen LogP) is 2.15. The van der Waals surface area contributed by atoms with Gasteiger partial charge in [0.25, 0.3) is 0 Å². The van der Waals surface area contributed by atoms with E-state index in [0.717, 1.165) is 10.9 Å². The van der Waals surface area contributed by atoms with E-state index < -0.39 is 7.37 Å². The average Bonchev–Trinajstić information content (AvgIpc) is 2.28. The Morgan fingerprint density at radius 3 is 2.73 bits per heavy atom. The molecule has 0 aliphatic heterocycles. The van der Waals surface area contributed by atoms with Crippen molar-refractivity contribution in [1.82, 2.24) is 4.98 Å². The third-order valence-electron chi connectivity index (χ3n) is 2.37. The molecular formula is C11H12NO2P. The Balaban J connectivity index is 2.61. The molecule has 2 aromatic rings. The minimum absolute atomic E-state index is 0.221. The van der Waals surface area contributed by atoms with Gasteiger partial charge in [0, 0.05) is 11.5 Å². The molecule has 1 unspecified atom stereocenters. The molecule has 0 radical (unpaired) electrons. The van der Waals surface area contributed by atoms with E-state index >= 15 is 0 Å². The van der Waals surface area contributed by atoms with E-state index in [-0.39, 0.29) is 6.16 Å². The molecule has 0 aliphatic rings. The number of hydrogen-bond donors (Lipinski definition) is 1. The van der Waals surface area contributed by atoms with Crippen molar-refractivity contribution in [2.24, 2.45) is 0 Å². The molecule has 1 N–H and O–H groups in total. The summed E-state index contributed by atoms with van der Waals surface area (Å²) in [5.41, 5.74) is 1.06. The Labute approximate surface area is 88.2 Å². The fourth-order valence-electron chi connectivity index (χ4n) is 1.41. The molecule has 0 saturated heterocycles. The first-order valence-corrected chi connectivity index (χ1v) is 6.66. The highest BCUT2D eigenvalue weighted by Gasteiger charge is 2.19. The van der Waals surface area contributed by atoms with Crippen LogP contribution in [0.15, 0.2) is 36.4 Å². The topological polar surface area (TPSA) is 50.2 Å². The molecule has 2 rings (SSSR count). The largest absolute Gasteiger partial charge is 0.340 e. The van der Waals surface area contributed by atoms with Crippen LogP contribution in [0.1, 0.15) is 6.92 Å². The summed E-state index contributed by atoms with van der Waals surface area (Å²) in [5, 5.41) is 0.984. The highest BCUT2D eigenvalue weighted by molar-refractivity contribution is 7.65. The molecule has 1 heterocycles. The van der Waals surface area contributed by atoms with E-state index in [1.165, 1.54) is 0 Å². The summed E-state index contributed by atoms with van der Waals surface area (Å²) in [6.45, 7) is 1.69. The monoisotopic (exact) mass is 221 g/mol. The van der Waals surface area contributed by atoms with Crippen LogP contribution in [0.4, 0.5) is 0 Å². The van der Waals surface area contributed by atoms with Crippen molar-refractivity contribution < 1.29 is 9.46 Å². The number of hydrogen-bond acceptors (Lipinski definition) is 2. The maximum absolute atomic E-state index is 11.7. The second kappa shape index (κ2) is 3.76. The quantitative estimate of drug-likeness (QED) is 0.790. The first-order valence-electron chi connectivity index (χ1n) is 4.81. The molecule has 0 spiro atoms. The molecule has 0 aliphatic carbocycles. The lowest BCUT2D eigenvalue weighted by Crippen LogP contribution is -2.10. The van der Waals surface area contributed by atoms with Crippen LogP contribution in [0.5, 0.6) is 0 Å². The van der Waals surface area contributed by atoms with Gasteiger partial charge in [0.1, 0.15) is 5.44 Å². The number of aromatic nitrogens is 1. The smallest absolute Gasteiger partial charge is 0.247 e. The minimum atomic E-state index is -3.24. The van der Waals surface area contributed by atoms with E-state index in [2.05, 4.69) is 4.98 Å². The van der Waals surface area contributed by atoms with Crippen molar-refractivity contribution in [2.45, 2.75) is 6.92 Å². The van der Waals surface area contributed by atoms with E-state index in [4.69, 9.17) is 0 Å². The first kappa shape index (κ1) is 10.3. The zero-order chi connectivity index (χ0) is 10.9. The SMILES string of the molecule is CCP(=O)(O)c1ccc2ccccc2n1. The Morgan fingerprint density at radius 1 is 1.27 bits per heavy atom. The molecule has 4 heteroatoms. The van der Waals surface area contributed by atoms with Crippen LogP contribution in [-0.4, -0.2) is 16.0 Å². The van der Waals surface area contributed by atoms with Crippen LogP contribution < -0.4 is 5.44 Å². The molecule has 1 aromatic carbocycles. The lowest BCUT2D eigenvalue weighted by atomic mass is 10.2. The standard InChI is InChI=1S/C11H12NO2P/c1-2-15(13,14)11-8-7-9-5-3-4-6-10(9)12-11/h3-8H,2H2,1H3,(H,13,14). The van der Waals surface area contributed by atoms with Crippen molar-refractivity contribution in [2.75, 3.05) is 6.16 Å². The molecule has 15 heavy (non-hydrogen) atoms. The molecular weight excluding hydrogens is 209 g/mol. The maximum atomic E-state index is 11.7. The van der Waals surface area contributed by atoms with E-state index in [0.29, 0.717) is 5.44 Å². The maximum Gasteiger partial charge on any atom is 0.247 e. The lowest BCUT2D eigenvalue weighted by Gasteiger charge is -2.08. The summed E-state index contributed by atoms with van der Waals surface area (Å²) < 4.78 is 11.7. The van der Waals surface area contributed by atoms with Crippen LogP contribution in [0.25, 0.3) is 10.9 Å². The summed E-state index contributed by atoms with van der Waals surface area (Å²) >= 11 is 0. The zero-order valence-corrected chi connectivity index (χ0v) is 9.32. The van der Waals surface area contributed by atoms with Crippen molar-refractivity contribution in [3.8, 4) is 0 Å². The number of para-hydroxylation sites is 1. The normalized spacial score (nSPS) is 15.1. The average molecular weight is 221 g/mol. The number of pyridine rings is 1. The van der Waals surface area contributed by atoms with Gasteiger partial charge in [-0.1, -0.05) is 31.2 Å². The number of rotatable bonds is 2. The van der Waals surface area contributed by atoms with E-state index in [9.17, 15) is 9.46 Å². The molecule has 78 valence electrons. The van der Waals surface area contributed by atoms with E-state index in [1.807, 2.05) is 30.3 Å². The van der Waals surface area contributed by atoms with Gasteiger partial charge < -0.3 is 4.89 Å². The van der Waals surface area contributed by atoms with Gasteiger partial charge in [-0.2, -0.15) is 0 Å². The molecule has 0 saturated carbocycles. The van der Waals surface area contributed by atoms with Gasteiger partial charge in [-0.25, -0.2) is 4.98 Å². The van der Waals surface area contributed by atoms with Gasteiger partial charge >= 0.3 is 0 Å². The molecule has 1 atom stereocenters. The second-order valence-corrected chi connectivity index (χ2v) is 5.87. The minimum Gasteiger partial charge on any atom is -0.340 e. The van der Waals surface area contributed by atoms with Crippen molar-refractivity contribution in [3.05, 3.63) is 36.4 Å². The van der Waals surface area contributed by atoms with Gasteiger partial charge in [0.05, 0.1) is 5.52 Å². The fraction of sp³-hybridized carbons (Fsp3) is 0.182. The van der Waals surface area contributed by atoms with Crippen LogP contribution in [0.2, 0.25) is 0 Å². The summed E-state index contributed by atoms with van der Waals surface area (Å²) in [6.07, 6.45) is 0.221. The molecule has 0 bridgehead atoms. The predicted molar refractivity (Wildman–Crippen MR) is 61.7 cm³/mol. The first-order chi connectivity index (χ1) is 7.13. The Morgan fingerprint density at radius 2 is 2.00 bits per heavy atom. The highest BCUT2D eigenvalue weighted by Crippen LogP contribution is 2.37. The molecule has 0 fully saturated rings.